The van der Waals surface area contributed by atoms with Crippen molar-refractivity contribution in [2.45, 2.75) is 38.3 Å². The van der Waals surface area contributed by atoms with E-state index < -0.39 is 0 Å². The van der Waals surface area contributed by atoms with Gasteiger partial charge in [0.1, 0.15) is 0 Å². The minimum atomic E-state index is 0.00822. The van der Waals surface area contributed by atoms with Crippen LogP contribution in [0.4, 0.5) is 0 Å². The fourth-order valence-corrected chi connectivity index (χ4v) is 2.77. The van der Waals surface area contributed by atoms with Crippen LogP contribution < -0.4 is 11.3 Å². The van der Waals surface area contributed by atoms with Crippen molar-refractivity contribution < 1.29 is 0 Å². The third-order valence-corrected chi connectivity index (χ3v) is 3.85. The Labute approximate surface area is 103 Å². The maximum Gasteiger partial charge on any atom is 0.0669 e. The number of rotatable bonds is 4. The minimum Gasteiger partial charge on any atom is -0.296 e. The minimum absolute atomic E-state index is 0.00822. The van der Waals surface area contributed by atoms with Gasteiger partial charge in [-0.25, -0.2) is 0 Å². The second-order valence-corrected chi connectivity index (χ2v) is 5.39. The molecule has 3 N–H and O–H groups in total. The summed E-state index contributed by atoms with van der Waals surface area (Å²) in [6.07, 6.45) is 6.49. The van der Waals surface area contributed by atoms with E-state index in [4.69, 9.17) is 5.84 Å². The van der Waals surface area contributed by atoms with Gasteiger partial charge >= 0.3 is 0 Å². The predicted molar refractivity (Wildman–Crippen MR) is 68.2 cm³/mol. The van der Waals surface area contributed by atoms with E-state index in [0.717, 1.165) is 18.7 Å². The summed E-state index contributed by atoms with van der Waals surface area (Å²) >= 11 is 0. The zero-order valence-corrected chi connectivity index (χ0v) is 11.0. The molecule has 96 valence electrons. The van der Waals surface area contributed by atoms with Gasteiger partial charge < -0.3 is 0 Å². The molecule has 17 heavy (non-hydrogen) atoms. The Bertz CT molecular complexity index is 365. The molecule has 0 bridgehead atoms. The van der Waals surface area contributed by atoms with Gasteiger partial charge in [-0.1, -0.05) is 0 Å². The number of hydrogen-bond donors (Lipinski definition) is 2. The fourth-order valence-electron chi connectivity index (χ4n) is 2.77. The normalized spacial score (nSPS) is 19.8. The van der Waals surface area contributed by atoms with Crippen molar-refractivity contribution in [2.75, 3.05) is 13.1 Å². The maximum absolute atomic E-state index is 5.75. The van der Waals surface area contributed by atoms with E-state index in [2.05, 4.69) is 29.3 Å². The van der Waals surface area contributed by atoms with Gasteiger partial charge in [-0.05, 0) is 39.8 Å². The second kappa shape index (κ2) is 4.76. The molecular weight excluding hydrogens is 214 g/mol. The molecular formula is C12H23N5. The molecule has 0 aromatic carbocycles. The Kier molecular flexibility index (Phi) is 3.51. The monoisotopic (exact) mass is 237 g/mol. The zero-order chi connectivity index (χ0) is 12.5. The molecule has 0 radical (unpaired) electrons. The zero-order valence-electron chi connectivity index (χ0n) is 11.0. The molecule has 2 rings (SSSR count). The SMILES string of the molecule is Cn1cc(C(NN)C(C)(C)N2CCCC2)cn1. The summed E-state index contributed by atoms with van der Waals surface area (Å²) in [7, 11) is 1.93. The largest absolute Gasteiger partial charge is 0.296 e. The standard InChI is InChI=1S/C12H23N5/c1-12(2,17-6-4-5-7-17)11(15-13)10-8-14-16(3)9-10/h8-9,11,15H,4-7,13H2,1-3H3. The molecule has 1 aliphatic heterocycles. The highest BCUT2D eigenvalue weighted by Crippen LogP contribution is 2.32. The van der Waals surface area contributed by atoms with Crippen LogP contribution in [-0.4, -0.2) is 33.3 Å². The first-order chi connectivity index (χ1) is 8.05. The lowest BCUT2D eigenvalue weighted by molar-refractivity contribution is 0.107. The lowest BCUT2D eigenvalue weighted by Gasteiger charge is -2.41. The van der Waals surface area contributed by atoms with Crippen LogP contribution in [0.2, 0.25) is 0 Å². The van der Waals surface area contributed by atoms with Crippen LogP contribution in [0.25, 0.3) is 0 Å². The molecule has 5 heteroatoms. The average molecular weight is 237 g/mol. The van der Waals surface area contributed by atoms with E-state index in [-0.39, 0.29) is 11.6 Å². The van der Waals surface area contributed by atoms with Crippen molar-refractivity contribution >= 4 is 0 Å². The van der Waals surface area contributed by atoms with Gasteiger partial charge in [0.25, 0.3) is 0 Å². The maximum atomic E-state index is 5.75. The average Bonchev–Trinajstić information content (AvgIpc) is 2.89. The van der Waals surface area contributed by atoms with Gasteiger partial charge in [-0.15, -0.1) is 0 Å². The van der Waals surface area contributed by atoms with Crippen molar-refractivity contribution in [3.63, 3.8) is 0 Å². The summed E-state index contributed by atoms with van der Waals surface area (Å²) in [6.45, 7) is 6.81. The van der Waals surface area contributed by atoms with Gasteiger partial charge in [0.15, 0.2) is 0 Å². The second-order valence-electron chi connectivity index (χ2n) is 5.39. The summed E-state index contributed by atoms with van der Waals surface area (Å²) in [5.41, 5.74) is 4.11. The van der Waals surface area contributed by atoms with E-state index in [1.165, 1.54) is 12.8 Å². The quantitative estimate of drug-likeness (QED) is 0.601. The Morgan fingerprint density at radius 1 is 1.41 bits per heavy atom. The summed E-state index contributed by atoms with van der Waals surface area (Å²) < 4.78 is 1.82. The molecule has 1 aromatic heterocycles. The van der Waals surface area contributed by atoms with Gasteiger partial charge in [0.2, 0.25) is 0 Å². The van der Waals surface area contributed by atoms with Crippen LogP contribution in [0.1, 0.15) is 38.3 Å². The number of hydrogen-bond acceptors (Lipinski definition) is 4. The Morgan fingerprint density at radius 3 is 2.53 bits per heavy atom. The van der Waals surface area contributed by atoms with Crippen molar-refractivity contribution in [3.8, 4) is 0 Å². The molecule has 0 saturated carbocycles. The number of nitrogens with one attached hydrogen (secondary N) is 1. The van der Waals surface area contributed by atoms with Gasteiger partial charge in [0, 0.05) is 24.3 Å². The number of hydrazine groups is 1. The first kappa shape index (κ1) is 12.5. The first-order valence-electron chi connectivity index (χ1n) is 6.25. The van der Waals surface area contributed by atoms with Crippen LogP contribution in [0, 0.1) is 0 Å². The third-order valence-electron chi connectivity index (χ3n) is 3.85. The first-order valence-corrected chi connectivity index (χ1v) is 6.25. The number of nitrogens with two attached hydrogens (primary N) is 1. The number of aromatic nitrogens is 2. The van der Waals surface area contributed by atoms with Crippen molar-refractivity contribution in [1.29, 1.82) is 0 Å². The molecule has 5 nitrogen and oxygen atoms in total. The summed E-state index contributed by atoms with van der Waals surface area (Å²) in [4.78, 5) is 2.50. The van der Waals surface area contributed by atoms with Gasteiger partial charge in [0.05, 0.1) is 12.2 Å². The number of likely N-dealkylation sites (tertiary alicyclic amines) is 1. The van der Waals surface area contributed by atoms with Crippen LogP contribution in [0.15, 0.2) is 12.4 Å². The smallest absolute Gasteiger partial charge is 0.0669 e. The van der Waals surface area contributed by atoms with E-state index >= 15 is 0 Å². The van der Waals surface area contributed by atoms with E-state index in [9.17, 15) is 0 Å². The molecule has 0 amide bonds. The highest BCUT2D eigenvalue weighted by molar-refractivity contribution is 5.16. The lowest BCUT2D eigenvalue weighted by atomic mass is 9.89. The fraction of sp³-hybridized carbons (Fsp3) is 0.750. The van der Waals surface area contributed by atoms with Crippen LogP contribution in [0.3, 0.4) is 0 Å². The van der Waals surface area contributed by atoms with Crippen molar-refractivity contribution in [3.05, 3.63) is 18.0 Å². The molecule has 0 spiro atoms. The van der Waals surface area contributed by atoms with E-state index in [1.807, 2.05) is 24.1 Å². The highest BCUT2D eigenvalue weighted by Gasteiger charge is 2.37. The number of aryl methyl sites for hydroxylation is 1. The predicted octanol–water partition coefficient (Wildman–Crippen LogP) is 0.799. The summed E-state index contributed by atoms with van der Waals surface area (Å²) in [5.74, 6) is 5.75. The van der Waals surface area contributed by atoms with E-state index in [1.54, 1.807) is 0 Å². The van der Waals surface area contributed by atoms with E-state index in [0.29, 0.717) is 0 Å². The van der Waals surface area contributed by atoms with Gasteiger partial charge in [-0.3, -0.25) is 20.9 Å². The van der Waals surface area contributed by atoms with Crippen LogP contribution >= 0.6 is 0 Å². The van der Waals surface area contributed by atoms with Crippen LogP contribution in [-0.2, 0) is 7.05 Å². The lowest BCUT2D eigenvalue weighted by Crippen LogP contribution is -2.53. The molecule has 1 fully saturated rings. The Hall–Kier alpha value is -0.910. The van der Waals surface area contributed by atoms with Crippen molar-refractivity contribution in [1.82, 2.24) is 20.1 Å². The number of nitrogens with zero attached hydrogens (tertiary/aromatic N) is 3. The topological polar surface area (TPSA) is 59.1 Å². The van der Waals surface area contributed by atoms with Gasteiger partial charge in [-0.2, -0.15) is 5.10 Å². The molecule has 0 aliphatic carbocycles. The van der Waals surface area contributed by atoms with Crippen LogP contribution in [0.5, 0.6) is 0 Å². The third kappa shape index (κ3) is 2.36. The molecule has 1 aliphatic rings. The molecule has 2 heterocycles. The Balaban J connectivity index is 2.21. The molecule has 1 atom stereocenters. The molecule has 1 saturated heterocycles. The molecule has 1 unspecified atom stereocenters. The van der Waals surface area contributed by atoms with Crippen molar-refractivity contribution in [2.24, 2.45) is 12.9 Å². The highest BCUT2D eigenvalue weighted by atomic mass is 15.3. The summed E-state index contributed by atoms with van der Waals surface area (Å²) in [6, 6.07) is 0.106. The Morgan fingerprint density at radius 2 is 2.06 bits per heavy atom. The summed E-state index contributed by atoms with van der Waals surface area (Å²) in [5, 5.41) is 4.23. The molecule has 1 aromatic rings.